The van der Waals surface area contributed by atoms with Crippen molar-refractivity contribution in [3.63, 3.8) is 0 Å². The number of aliphatic hydroxyl groups is 1. The van der Waals surface area contributed by atoms with Gasteiger partial charge in [0.05, 0.1) is 6.10 Å². The second-order valence-electron chi connectivity index (χ2n) is 5.02. The van der Waals surface area contributed by atoms with Gasteiger partial charge in [0.2, 0.25) is 0 Å². The number of unbranched alkanes of at least 4 members (excludes halogenated alkanes) is 1. The van der Waals surface area contributed by atoms with Crippen LogP contribution in [0.1, 0.15) is 31.2 Å². The summed E-state index contributed by atoms with van der Waals surface area (Å²) >= 11 is 0. The van der Waals surface area contributed by atoms with E-state index in [2.05, 4.69) is 35.2 Å². The van der Waals surface area contributed by atoms with E-state index in [-0.39, 0.29) is 6.10 Å². The molecule has 0 saturated carbocycles. The lowest BCUT2D eigenvalue weighted by Gasteiger charge is -2.29. The quantitative estimate of drug-likeness (QED) is 0.790. The summed E-state index contributed by atoms with van der Waals surface area (Å²) in [5.74, 6) is 0. The molecule has 0 aromatic heterocycles. The van der Waals surface area contributed by atoms with Crippen LogP contribution in [0.5, 0.6) is 0 Å². The molecule has 1 aromatic rings. The largest absolute Gasteiger partial charge is 0.393 e. The molecule has 1 N–H and O–H groups in total. The molecule has 17 heavy (non-hydrogen) atoms. The van der Waals surface area contributed by atoms with Crippen LogP contribution >= 0.6 is 0 Å². The highest BCUT2D eigenvalue weighted by molar-refractivity contribution is 5.14. The van der Waals surface area contributed by atoms with Crippen molar-refractivity contribution in [3.05, 3.63) is 35.9 Å². The van der Waals surface area contributed by atoms with Crippen molar-refractivity contribution < 1.29 is 5.11 Å². The summed E-state index contributed by atoms with van der Waals surface area (Å²) in [5.41, 5.74) is 1.45. The van der Waals surface area contributed by atoms with E-state index in [9.17, 15) is 5.11 Å². The van der Waals surface area contributed by atoms with Gasteiger partial charge in [0, 0.05) is 13.1 Å². The molecule has 1 aliphatic rings. The number of aryl methyl sites for hydroxylation is 1. The Morgan fingerprint density at radius 1 is 1.06 bits per heavy atom. The minimum atomic E-state index is -0.0458. The molecular weight excluding hydrogens is 210 g/mol. The first-order valence-corrected chi connectivity index (χ1v) is 6.79. The predicted octanol–water partition coefficient (Wildman–Crippen LogP) is 2.47. The fraction of sp³-hybridized carbons (Fsp3) is 0.600. The molecule has 1 aromatic carbocycles. The molecule has 2 rings (SSSR count). The molecule has 0 atom stereocenters. The Morgan fingerprint density at radius 2 is 1.76 bits per heavy atom. The highest BCUT2D eigenvalue weighted by atomic mass is 16.3. The maximum absolute atomic E-state index is 9.42. The van der Waals surface area contributed by atoms with Crippen LogP contribution in [-0.4, -0.2) is 35.7 Å². The van der Waals surface area contributed by atoms with Gasteiger partial charge < -0.3 is 10.0 Å². The van der Waals surface area contributed by atoms with E-state index in [0.29, 0.717) is 0 Å². The first-order valence-electron chi connectivity index (χ1n) is 6.79. The number of likely N-dealkylation sites (tertiary alicyclic amines) is 1. The summed E-state index contributed by atoms with van der Waals surface area (Å²) in [6.07, 6.45) is 5.60. The van der Waals surface area contributed by atoms with E-state index in [1.807, 2.05) is 0 Å². The summed E-state index contributed by atoms with van der Waals surface area (Å²) in [6.45, 7) is 3.35. The average Bonchev–Trinajstić information content (AvgIpc) is 2.38. The number of rotatable bonds is 5. The van der Waals surface area contributed by atoms with Crippen LogP contribution in [0.2, 0.25) is 0 Å². The summed E-state index contributed by atoms with van der Waals surface area (Å²) in [5, 5.41) is 9.42. The smallest absolute Gasteiger partial charge is 0.0564 e. The van der Waals surface area contributed by atoms with E-state index in [1.54, 1.807) is 0 Å². The first-order chi connectivity index (χ1) is 8.34. The summed E-state index contributed by atoms with van der Waals surface area (Å²) in [7, 11) is 0. The zero-order valence-electron chi connectivity index (χ0n) is 10.5. The Morgan fingerprint density at radius 3 is 2.47 bits per heavy atom. The highest BCUT2D eigenvalue weighted by Gasteiger charge is 2.15. The van der Waals surface area contributed by atoms with Crippen LogP contribution < -0.4 is 0 Å². The fourth-order valence-electron chi connectivity index (χ4n) is 2.45. The van der Waals surface area contributed by atoms with Crippen molar-refractivity contribution in [2.45, 2.75) is 38.2 Å². The maximum atomic E-state index is 9.42. The lowest BCUT2D eigenvalue weighted by molar-refractivity contribution is 0.0818. The van der Waals surface area contributed by atoms with E-state index in [4.69, 9.17) is 0 Å². The Kier molecular flexibility index (Phi) is 5.02. The summed E-state index contributed by atoms with van der Waals surface area (Å²) < 4.78 is 0. The zero-order valence-corrected chi connectivity index (χ0v) is 10.5. The summed E-state index contributed by atoms with van der Waals surface area (Å²) in [6, 6.07) is 10.7. The van der Waals surface area contributed by atoms with Crippen molar-refractivity contribution in [2.75, 3.05) is 19.6 Å². The van der Waals surface area contributed by atoms with Gasteiger partial charge in [0.1, 0.15) is 0 Å². The topological polar surface area (TPSA) is 23.5 Å². The minimum absolute atomic E-state index is 0.0458. The fourth-order valence-corrected chi connectivity index (χ4v) is 2.45. The molecule has 0 unspecified atom stereocenters. The zero-order chi connectivity index (χ0) is 11.9. The Labute approximate surface area is 104 Å². The molecule has 0 amide bonds. The van der Waals surface area contributed by atoms with E-state index < -0.39 is 0 Å². The first kappa shape index (κ1) is 12.6. The molecule has 0 spiro atoms. The maximum Gasteiger partial charge on any atom is 0.0564 e. The van der Waals surface area contributed by atoms with Gasteiger partial charge in [0.25, 0.3) is 0 Å². The minimum Gasteiger partial charge on any atom is -0.393 e. The normalized spacial score (nSPS) is 18.4. The molecule has 2 heteroatoms. The standard InChI is InChI=1S/C15H23NO/c17-15-9-12-16(13-10-15)11-5-4-8-14-6-2-1-3-7-14/h1-3,6-7,15,17H,4-5,8-13H2. The molecule has 1 saturated heterocycles. The van der Waals surface area contributed by atoms with Gasteiger partial charge in [-0.3, -0.25) is 0 Å². The number of benzene rings is 1. The van der Waals surface area contributed by atoms with E-state index >= 15 is 0 Å². The van der Waals surface area contributed by atoms with Crippen LogP contribution in [0.3, 0.4) is 0 Å². The molecule has 1 aliphatic heterocycles. The van der Waals surface area contributed by atoms with Gasteiger partial charge in [-0.15, -0.1) is 0 Å². The van der Waals surface area contributed by atoms with Gasteiger partial charge in [-0.2, -0.15) is 0 Å². The van der Waals surface area contributed by atoms with Crippen LogP contribution in [0.15, 0.2) is 30.3 Å². The number of piperidine rings is 1. The number of hydrogen-bond acceptors (Lipinski definition) is 2. The lowest BCUT2D eigenvalue weighted by atomic mass is 10.1. The van der Waals surface area contributed by atoms with Gasteiger partial charge in [-0.25, -0.2) is 0 Å². The third-order valence-electron chi connectivity index (χ3n) is 3.59. The molecular formula is C15H23NO. The van der Waals surface area contributed by atoms with Crippen molar-refractivity contribution >= 4 is 0 Å². The van der Waals surface area contributed by atoms with Gasteiger partial charge >= 0.3 is 0 Å². The molecule has 1 heterocycles. The van der Waals surface area contributed by atoms with Crippen molar-refractivity contribution in [3.8, 4) is 0 Å². The molecule has 0 aliphatic carbocycles. The van der Waals surface area contributed by atoms with Gasteiger partial charge in [-0.05, 0) is 44.2 Å². The van der Waals surface area contributed by atoms with E-state index in [0.717, 1.165) is 25.9 Å². The second kappa shape index (κ2) is 6.77. The third kappa shape index (κ3) is 4.49. The van der Waals surface area contributed by atoms with Crippen molar-refractivity contribution in [1.29, 1.82) is 0 Å². The number of hydrogen-bond donors (Lipinski definition) is 1. The lowest BCUT2D eigenvalue weighted by Crippen LogP contribution is -2.36. The SMILES string of the molecule is OC1CCN(CCCCc2ccccc2)CC1. The highest BCUT2D eigenvalue weighted by Crippen LogP contribution is 2.11. The van der Waals surface area contributed by atoms with Crippen LogP contribution in [-0.2, 0) is 6.42 Å². The molecule has 1 fully saturated rings. The van der Waals surface area contributed by atoms with E-state index in [1.165, 1.54) is 31.4 Å². The van der Waals surface area contributed by atoms with Crippen LogP contribution in [0.25, 0.3) is 0 Å². The van der Waals surface area contributed by atoms with Crippen LogP contribution in [0.4, 0.5) is 0 Å². The molecule has 0 bridgehead atoms. The predicted molar refractivity (Wildman–Crippen MR) is 71.1 cm³/mol. The third-order valence-corrected chi connectivity index (χ3v) is 3.59. The Balaban J connectivity index is 1.57. The van der Waals surface area contributed by atoms with Crippen molar-refractivity contribution in [1.82, 2.24) is 4.90 Å². The number of aliphatic hydroxyl groups excluding tert-OH is 1. The van der Waals surface area contributed by atoms with Crippen molar-refractivity contribution in [2.24, 2.45) is 0 Å². The second-order valence-corrected chi connectivity index (χ2v) is 5.02. The van der Waals surface area contributed by atoms with Gasteiger partial charge in [0.15, 0.2) is 0 Å². The Bertz CT molecular complexity index is 304. The summed E-state index contributed by atoms with van der Waals surface area (Å²) in [4.78, 5) is 2.48. The monoisotopic (exact) mass is 233 g/mol. The number of nitrogens with zero attached hydrogens (tertiary/aromatic N) is 1. The molecule has 0 radical (unpaired) electrons. The molecule has 94 valence electrons. The Hall–Kier alpha value is -0.860. The average molecular weight is 233 g/mol. The van der Waals surface area contributed by atoms with Gasteiger partial charge in [-0.1, -0.05) is 30.3 Å². The molecule has 2 nitrogen and oxygen atoms in total. The van der Waals surface area contributed by atoms with Crippen LogP contribution in [0, 0.1) is 0 Å².